The number of aliphatic hydroxyl groups excluding tert-OH is 1. The quantitative estimate of drug-likeness (QED) is 0.820. The van der Waals surface area contributed by atoms with Crippen molar-refractivity contribution in [1.82, 2.24) is 15.1 Å². The van der Waals surface area contributed by atoms with E-state index in [0.29, 0.717) is 12.1 Å². The van der Waals surface area contributed by atoms with Gasteiger partial charge >= 0.3 is 0 Å². The summed E-state index contributed by atoms with van der Waals surface area (Å²) in [6.45, 7) is 4.17. The monoisotopic (exact) mass is 323 g/mol. The molecule has 5 nitrogen and oxygen atoms in total. The first-order valence-corrected chi connectivity index (χ1v) is 9.66. The molecule has 132 valence electrons. The second-order valence-electron chi connectivity index (χ2n) is 7.50. The van der Waals surface area contributed by atoms with Gasteiger partial charge in [-0.15, -0.1) is 0 Å². The Morgan fingerprint density at radius 3 is 2.17 bits per heavy atom. The summed E-state index contributed by atoms with van der Waals surface area (Å²) >= 11 is 0. The van der Waals surface area contributed by atoms with Crippen molar-refractivity contribution in [3.05, 3.63) is 0 Å². The van der Waals surface area contributed by atoms with Crippen molar-refractivity contribution in [2.75, 3.05) is 32.8 Å². The maximum absolute atomic E-state index is 12.3. The van der Waals surface area contributed by atoms with Crippen molar-refractivity contribution in [2.24, 2.45) is 0 Å². The first-order valence-electron chi connectivity index (χ1n) is 9.66. The fraction of sp³-hybridized carbons (Fsp3) is 0.944. The van der Waals surface area contributed by atoms with Gasteiger partial charge in [0.25, 0.3) is 0 Å². The number of hydrogen-bond acceptors (Lipinski definition) is 4. The summed E-state index contributed by atoms with van der Waals surface area (Å²) in [5.74, 6) is -0.0442. The standard InChI is InChI=1S/C18H33N3O2/c22-14-18(23)21(16-4-2-1-3-5-16)17-8-12-20(13-9-17)15-6-10-19-11-7-15/h15-17,19,22H,1-14H2. The van der Waals surface area contributed by atoms with Crippen LogP contribution in [0.5, 0.6) is 0 Å². The van der Waals surface area contributed by atoms with Crippen LogP contribution in [0.2, 0.25) is 0 Å². The van der Waals surface area contributed by atoms with E-state index >= 15 is 0 Å². The van der Waals surface area contributed by atoms with Crippen molar-refractivity contribution in [3.63, 3.8) is 0 Å². The van der Waals surface area contributed by atoms with E-state index in [1.165, 1.54) is 32.1 Å². The molecule has 3 aliphatic rings. The summed E-state index contributed by atoms with van der Waals surface area (Å²) in [7, 11) is 0. The second kappa shape index (κ2) is 8.45. The molecule has 23 heavy (non-hydrogen) atoms. The molecule has 1 aliphatic carbocycles. The van der Waals surface area contributed by atoms with E-state index in [-0.39, 0.29) is 12.5 Å². The number of amides is 1. The molecule has 0 radical (unpaired) electrons. The van der Waals surface area contributed by atoms with Gasteiger partial charge in [0.1, 0.15) is 6.61 Å². The molecule has 2 N–H and O–H groups in total. The van der Waals surface area contributed by atoms with Gasteiger partial charge in [-0.05, 0) is 51.6 Å². The highest BCUT2D eigenvalue weighted by atomic mass is 16.3. The first kappa shape index (κ1) is 17.2. The fourth-order valence-corrected chi connectivity index (χ4v) is 4.85. The number of aliphatic hydroxyl groups is 1. The molecule has 0 aromatic carbocycles. The highest BCUT2D eigenvalue weighted by Gasteiger charge is 2.34. The van der Waals surface area contributed by atoms with Crippen LogP contribution in [-0.2, 0) is 4.79 Å². The maximum atomic E-state index is 12.3. The van der Waals surface area contributed by atoms with Crippen molar-refractivity contribution in [3.8, 4) is 0 Å². The molecule has 1 saturated carbocycles. The van der Waals surface area contributed by atoms with E-state index in [1.54, 1.807) is 0 Å². The zero-order valence-corrected chi connectivity index (χ0v) is 14.4. The molecule has 2 aliphatic heterocycles. The third-order valence-corrected chi connectivity index (χ3v) is 6.11. The van der Waals surface area contributed by atoms with Crippen molar-refractivity contribution < 1.29 is 9.90 Å². The molecule has 3 rings (SSSR count). The van der Waals surface area contributed by atoms with Crippen molar-refractivity contribution in [1.29, 1.82) is 0 Å². The molecule has 0 unspecified atom stereocenters. The number of likely N-dealkylation sites (tertiary alicyclic amines) is 1. The van der Waals surface area contributed by atoms with Crippen molar-refractivity contribution >= 4 is 5.91 Å². The zero-order valence-electron chi connectivity index (χ0n) is 14.4. The van der Waals surface area contributed by atoms with Crippen molar-refractivity contribution in [2.45, 2.75) is 75.9 Å². The Bertz CT molecular complexity index is 370. The van der Waals surface area contributed by atoms with Crippen LogP contribution in [0.25, 0.3) is 0 Å². The Kier molecular flexibility index (Phi) is 6.31. The Morgan fingerprint density at radius 2 is 1.57 bits per heavy atom. The summed E-state index contributed by atoms with van der Waals surface area (Å²) in [6.07, 6.45) is 10.7. The van der Waals surface area contributed by atoms with Crippen LogP contribution in [0, 0.1) is 0 Å². The maximum Gasteiger partial charge on any atom is 0.248 e. The highest BCUT2D eigenvalue weighted by Crippen LogP contribution is 2.29. The molecule has 5 heteroatoms. The zero-order chi connectivity index (χ0) is 16.1. The van der Waals surface area contributed by atoms with Crippen LogP contribution in [0.4, 0.5) is 0 Å². The number of hydrogen-bond donors (Lipinski definition) is 2. The lowest BCUT2D eigenvalue weighted by atomic mass is 9.90. The lowest BCUT2D eigenvalue weighted by Gasteiger charge is -2.45. The Hall–Kier alpha value is -0.650. The van der Waals surface area contributed by atoms with Crippen LogP contribution in [0.1, 0.15) is 57.8 Å². The minimum Gasteiger partial charge on any atom is -0.387 e. The molecule has 0 spiro atoms. The molecule has 2 heterocycles. The van der Waals surface area contributed by atoms with Gasteiger partial charge in [-0.2, -0.15) is 0 Å². The van der Waals surface area contributed by atoms with Crippen LogP contribution < -0.4 is 5.32 Å². The van der Waals surface area contributed by atoms with E-state index < -0.39 is 0 Å². The molecule has 0 aromatic rings. The Balaban J connectivity index is 1.57. The lowest BCUT2D eigenvalue weighted by Crippen LogP contribution is -2.55. The largest absolute Gasteiger partial charge is 0.387 e. The Labute approximate surface area is 140 Å². The second-order valence-corrected chi connectivity index (χ2v) is 7.50. The van der Waals surface area contributed by atoms with E-state index in [9.17, 15) is 9.90 Å². The van der Waals surface area contributed by atoms with Gasteiger partial charge in [0, 0.05) is 31.2 Å². The average Bonchev–Trinajstić information content (AvgIpc) is 2.64. The molecular weight excluding hydrogens is 290 g/mol. The van der Waals surface area contributed by atoms with Crippen LogP contribution in [-0.4, -0.2) is 71.7 Å². The normalized spacial score (nSPS) is 26.3. The summed E-state index contributed by atoms with van der Waals surface area (Å²) in [4.78, 5) is 17.1. The number of carbonyl (C=O) groups excluding carboxylic acids is 1. The third-order valence-electron chi connectivity index (χ3n) is 6.11. The van der Waals surface area contributed by atoms with E-state index in [2.05, 4.69) is 15.1 Å². The SMILES string of the molecule is O=C(CO)N(C1CCCCC1)C1CCN(C2CCNCC2)CC1. The lowest BCUT2D eigenvalue weighted by molar-refractivity contribution is -0.141. The summed E-state index contributed by atoms with van der Waals surface area (Å²) in [5.41, 5.74) is 0. The molecule has 3 fully saturated rings. The van der Waals surface area contributed by atoms with E-state index in [4.69, 9.17) is 0 Å². The molecule has 0 aromatic heterocycles. The molecular formula is C18H33N3O2. The number of nitrogens with one attached hydrogen (secondary N) is 1. The molecule has 0 atom stereocenters. The summed E-state index contributed by atoms with van der Waals surface area (Å²) < 4.78 is 0. The van der Waals surface area contributed by atoms with Gasteiger partial charge in [0.05, 0.1) is 0 Å². The fourth-order valence-electron chi connectivity index (χ4n) is 4.85. The van der Waals surface area contributed by atoms with Crippen LogP contribution in [0.3, 0.4) is 0 Å². The molecule has 2 saturated heterocycles. The van der Waals surface area contributed by atoms with E-state index in [1.807, 2.05) is 0 Å². The van der Waals surface area contributed by atoms with Crippen LogP contribution in [0.15, 0.2) is 0 Å². The summed E-state index contributed by atoms with van der Waals surface area (Å²) in [6, 6.07) is 1.45. The van der Waals surface area contributed by atoms with Gasteiger partial charge in [0.2, 0.25) is 5.91 Å². The van der Waals surface area contributed by atoms with Gasteiger partial charge < -0.3 is 20.2 Å². The predicted octanol–water partition coefficient (Wildman–Crippen LogP) is 1.36. The number of rotatable bonds is 4. The number of nitrogens with zero attached hydrogens (tertiary/aromatic N) is 2. The number of carbonyl (C=O) groups is 1. The molecule has 1 amide bonds. The highest BCUT2D eigenvalue weighted by molar-refractivity contribution is 5.78. The minimum absolute atomic E-state index is 0.0442. The predicted molar refractivity (Wildman–Crippen MR) is 91.3 cm³/mol. The third kappa shape index (κ3) is 4.25. The van der Waals surface area contributed by atoms with Gasteiger partial charge in [-0.3, -0.25) is 4.79 Å². The van der Waals surface area contributed by atoms with Gasteiger partial charge in [-0.25, -0.2) is 0 Å². The Morgan fingerprint density at radius 1 is 0.957 bits per heavy atom. The van der Waals surface area contributed by atoms with Gasteiger partial charge in [0.15, 0.2) is 0 Å². The smallest absolute Gasteiger partial charge is 0.248 e. The average molecular weight is 323 g/mol. The number of piperidine rings is 2. The minimum atomic E-state index is -0.328. The summed E-state index contributed by atoms with van der Waals surface area (Å²) in [5, 5.41) is 12.9. The van der Waals surface area contributed by atoms with E-state index in [0.717, 1.165) is 57.9 Å². The van der Waals surface area contributed by atoms with Crippen LogP contribution >= 0.6 is 0 Å². The first-order chi connectivity index (χ1) is 11.3. The molecule has 0 bridgehead atoms. The van der Waals surface area contributed by atoms with Gasteiger partial charge in [-0.1, -0.05) is 19.3 Å². The topological polar surface area (TPSA) is 55.8 Å².